The van der Waals surface area contributed by atoms with Crippen LogP contribution < -0.4 is 0 Å². The Balaban J connectivity index is 1.97. The van der Waals surface area contributed by atoms with Gasteiger partial charge in [-0.05, 0) is 29.8 Å². The number of benzene rings is 2. The predicted octanol–water partition coefficient (Wildman–Crippen LogP) is 5.73. The van der Waals surface area contributed by atoms with Crippen LogP contribution >= 0.6 is 23.2 Å². The first-order valence-corrected chi connectivity index (χ1v) is 8.49. The summed E-state index contributed by atoms with van der Waals surface area (Å²) >= 11 is 12.3. The van der Waals surface area contributed by atoms with Crippen LogP contribution in [0, 0.1) is 11.6 Å². The van der Waals surface area contributed by atoms with Crippen molar-refractivity contribution >= 4 is 34.2 Å². The minimum atomic E-state index is -0.950. The zero-order valence-electron chi connectivity index (χ0n) is 13.3. The van der Waals surface area contributed by atoms with Crippen LogP contribution in [0.15, 0.2) is 54.7 Å². The first-order valence-electron chi connectivity index (χ1n) is 7.73. The van der Waals surface area contributed by atoms with Crippen LogP contribution in [0.2, 0.25) is 10.2 Å². The molecule has 0 aliphatic carbocycles. The summed E-state index contributed by atoms with van der Waals surface area (Å²) in [4.78, 5) is 8.53. The summed E-state index contributed by atoms with van der Waals surface area (Å²) < 4.78 is 29.3. The van der Waals surface area contributed by atoms with Gasteiger partial charge in [-0.3, -0.25) is 0 Å². The van der Waals surface area contributed by atoms with Crippen molar-refractivity contribution in [2.24, 2.45) is 0 Å². The molecule has 2 aromatic heterocycles. The molecule has 0 saturated carbocycles. The molecule has 3 nitrogen and oxygen atoms in total. The topological polar surface area (TPSA) is 30.7 Å². The number of halogens is 4. The van der Waals surface area contributed by atoms with E-state index in [-0.39, 0.29) is 5.15 Å². The van der Waals surface area contributed by atoms with Crippen molar-refractivity contribution in [2.75, 3.05) is 0 Å². The maximum atomic E-state index is 13.8. The minimum Gasteiger partial charge on any atom is -0.319 e. The van der Waals surface area contributed by atoms with Gasteiger partial charge in [-0.25, -0.2) is 18.7 Å². The molecule has 0 atom stereocenters. The third-order valence-corrected chi connectivity index (χ3v) is 4.56. The minimum absolute atomic E-state index is 0.260. The lowest BCUT2D eigenvalue weighted by atomic mass is 10.2. The summed E-state index contributed by atoms with van der Waals surface area (Å²) in [5.74, 6) is -1.41. The molecule has 4 aromatic rings. The fourth-order valence-electron chi connectivity index (χ4n) is 2.86. The first kappa shape index (κ1) is 16.9. The van der Waals surface area contributed by atoms with Crippen molar-refractivity contribution in [1.29, 1.82) is 0 Å². The molecule has 130 valence electrons. The van der Waals surface area contributed by atoms with Gasteiger partial charge in [0, 0.05) is 29.9 Å². The number of hydrogen-bond donors (Lipinski definition) is 0. The lowest BCUT2D eigenvalue weighted by molar-refractivity contribution is 0.510. The van der Waals surface area contributed by atoms with Crippen molar-refractivity contribution in [3.8, 4) is 11.4 Å². The van der Waals surface area contributed by atoms with Gasteiger partial charge >= 0.3 is 0 Å². The molecular formula is C19H11Cl2F2N3. The van der Waals surface area contributed by atoms with Gasteiger partial charge in [-0.1, -0.05) is 35.3 Å². The Morgan fingerprint density at radius 3 is 2.54 bits per heavy atom. The molecule has 26 heavy (non-hydrogen) atoms. The van der Waals surface area contributed by atoms with Crippen LogP contribution in [0.5, 0.6) is 0 Å². The summed E-state index contributed by atoms with van der Waals surface area (Å²) in [7, 11) is 0. The highest BCUT2D eigenvalue weighted by molar-refractivity contribution is 6.32. The first-order chi connectivity index (χ1) is 12.5. The van der Waals surface area contributed by atoms with Crippen molar-refractivity contribution < 1.29 is 8.78 Å². The number of pyridine rings is 1. The van der Waals surface area contributed by atoms with Gasteiger partial charge in [0.05, 0.1) is 16.6 Å². The molecule has 0 aliphatic heterocycles. The summed E-state index contributed by atoms with van der Waals surface area (Å²) in [6.07, 6.45) is 1.56. The molecule has 0 N–H and O–H groups in total. The molecule has 0 radical (unpaired) electrons. The molecular weight excluding hydrogens is 379 g/mol. The maximum absolute atomic E-state index is 13.8. The number of imidazole rings is 1. The van der Waals surface area contributed by atoms with Gasteiger partial charge in [0.2, 0.25) is 0 Å². The molecule has 0 fully saturated rings. The van der Waals surface area contributed by atoms with Gasteiger partial charge in [0.1, 0.15) is 11.0 Å². The largest absolute Gasteiger partial charge is 0.319 e. The quantitative estimate of drug-likeness (QED) is 0.418. The van der Waals surface area contributed by atoms with Gasteiger partial charge in [-0.2, -0.15) is 0 Å². The molecule has 0 bridgehead atoms. The Morgan fingerprint density at radius 1 is 0.962 bits per heavy atom. The zero-order valence-corrected chi connectivity index (χ0v) is 14.8. The second-order valence-electron chi connectivity index (χ2n) is 5.75. The van der Waals surface area contributed by atoms with Crippen LogP contribution in [-0.2, 0) is 6.54 Å². The Morgan fingerprint density at radius 2 is 1.77 bits per heavy atom. The molecule has 0 amide bonds. The predicted molar refractivity (Wildman–Crippen MR) is 98.4 cm³/mol. The van der Waals surface area contributed by atoms with E-state index in [1.807, 2.05) is 18.2 Å². The van der Waals surface area contributed by atoms with E-state index in [0.717, 1.165) is 17.7 Å². The number of fused-ring (bicyclic) bond motifs is 1. The standard InChI is InChI=1S/C19H11Cl2F2N3/c20-12-4-1-3-11(7-12)10-26-17-9-15(23)14(22)8-16(17)25-19(26)13-5-2-6-24-18(13)21/h1-9H,10H2. The van der Waals surface area contributed by atoms with E-state index in [4.69, 9.17) is 23.2 Å². The highest BCUT2D eigenvalue weighted by atomic mass is 35.5. The van der Waals surface area contributed by atoms with E-state index in [1.165, 1.54) is 0 Å². The number of hydrogen-bond acceptors (Lipinski definition) is 2. The SMILES string of the molecule is Fc1cc2nc(-c3cccnc3Cl)n(Cc3cccc(Cl)c3)c2cc1F. The second kappa shape index (κ2) is 6.67. The molecule has 4 rings (SSSR count). The van der Waals surface area contributed by atoms with E-state index >= 15 is 0 Å². The number of nitrogens with zero attached hydrogens (tertiary/aromatic N) is 3. The normalized spacial score (nSPS) is 11.2. The van der Waals surface area contributed by atoms with E-state index < -0.39 is 11.6 Å². The van der Waals surface area contributed by atoms with Crippen LogP contribution in [0.1, 0.15) is 5.56 Å². The van der Waals surface area contributed by atoms with Crippen molar-refractivity contribution in [3.63, 3.8) is 0 Å². The average molecular weight is 390 g/mol. The smallest absolute Gasteiger partial charge is 0.161 e. The van der Waals surface area contributed by atoms with E-state index in [1.54, 1.807) is 29.0 Å². The Hall–Kier alpha value is -2.50. The summed E-state index contributed by atoms with van der Waals surface area (Å²) in [6.45, 7) is 0.364. The lowest BCUT2D eigenvalue weighted by Gasteiger charge is -2.11. The van der Waals surface area contributed by atoms with E-state index in [0.29, 0.717) is 34.0 Å². The monoisotopic (exact) mass is 389 g/mol. The average Bonchev–Trinajstić information content (AvgIpc) is 2.93. The Labute approximate surface area is 157 Å². The third-order valence-electron chi connectivity index (χ3n) is 4.02. The van der Waals surface area contributed by atoms with Crippen LogP contribution in [0.3, 0.4) is 0 Å². The maximum Gasteiger partial charge on any atom is 0.161 e. The van der Waals surface area contributed by atoms with Gasteiger partial charge in [-0.15, -0.1) is 0 Å². The molecule has 0 spiro atoms. The van der Waals surface area contributed by atoms with Crippen LogP contribution in [-0.4, -0.2) is 14.5 Å². The van der Waals surface area contributed by atoms with Crippen molar-refractivity contribution in [3.05, 3.63) is 82.1 Å². The Bertz CT molecular complexity index is 1130. The van der Waals surface area contributed by atoms with Gasteiger partial charge in [0.15, 0.2) is 11.6 Å². The second-order valence-corrected chi connectivity index (χ2v) is 6.54. The Kier molecular flexibility index (Phi) is 4.34. The van der Waals surface area contributed by atoms with E-state index in [2.05, 4.69) is 9.97 Å². The molecule has 0 unspecified atom stereocenters. The van der Waals surface area contributed by atoms with Crippen molar-refractivity contribution in [1.82, 2.24) is 14.5 Å². The molecule has 2 aromatic carbocycles. The molecule has 0 aliphatic rings. The summed E-state index contributed by atoms with van der Waals surface area (Å²) in [5, 5.41) is 0.848. The third kappa shape index (κ3) is 3.04. The molecule has 7 heteroatoms. The number of aromatic nitrogens is 3. The fraction of sp³-hybridized carbons (Fsp3) is 0.0526. The van der Waals surface area contributed by atoms with Gasteiger partial charge < -0.3 is 4.57 Å². The highest BCUT2D eigenvalue weighted by Gasteiger charge is 2.18. The highest BCUT2D eigenvalue weighted by Crippen LogP contribution is 2.31. The summed E-state index contributed by atoms with van der Waals surface area (Å²) in [5.41, 5.74) is 2.26. The van der Waals surface area contributed by atoms with Crippen LogP contribution in [0.4, 0.5) is 8.78 Å². The molecule has 0 saturated heterocycles. The number of rotatable bonds is 3. The summed E-state index contributed by atoms with van der Waals surface area (Å²) in [6, 6.07) is 13.0. The van der Waals surface area contributed by atoms with Crippen LogP contribution in [0.25, 0.3) is 22.4 Å². The van der Waals surface area contributed by atoms with E-state index in [9.17, 15) is 8.78 Å². The van der Waals surface area contributed by atoms with Crippen molar-refractivity contribution in [2.45, 2.75) is 6.54 Å². The lowest BCUT2D eigenvalue weighted by Crippen LogP contribution is -2.03. The molecule has 2 heterocycles. The zero-order chi connectivity index (χ0) is 18.3. The van der Waals surface area contributed by atoms with Gasteiger partial charge in [0.25, 0.3) is 0 Å². The fourth-order valence-corrected chi connectivity index (χ4v) is 3.27.